The normalized spacial score (nSPS) is 20.1. The molecular weight excluding hydrogens is 543 g/mol. The standard InChI is InChI=1S/C32H40F3N5O2/c1-23-20-39(19-18-38(23)21-26-10-12-28(13-11-26)32(33,34)35)31(4)14-16-37(17-15-31)30(41)29-24(2)36-40(25(29)3)42-22-27-8-6-5-7-9-27/h5-13,23H,14-22H2,1-4H3/t23-/m0/s1. The molecule has 1 amide bonds. The van der Waals surface area contributed by atoms with Crippen molar-refractivity contribution in [2.45, 2.75) is 71.4 Å². The summed E-state index contributed by atoms with van der Waals surface area (Å²) in [6, 6.07) is 15.6. The first-order chi connectivity index (χ1) is 19.9. The van der Waals surface area contributed by atoms with Gasteiger partial charge in [-0.15, -0.1) is 9.94 Å². The number of hydrogen-bond donors (Lipinski definition) is 0. The molecule has 7 nitrogen and oxygen atoms in total. The lowest BCUT2D eigenvalue weighted by Crippen LogP contribution is -2.61. The SMILES string of the molecule is Cc1nn(OCc2ccccc2)c(C)c1C(=O)N1CCC(C)(N2CCN(Cc3ccc(C(F)(F)F)cc3)[C@@H](C)C2)CC1. The maximum absolute atomic E-state index is 13.6. The van der Waals surface area contributed by atoms with E-state index >= 15 is 0 Å². The molecule has 1 atom stereocenters. The molecule has 1 aromatic heterocycles. The van der Waals surface area contributed by atoms with Gasteiger partial charge in [-0.3, -0.25) is 14.6 Å². The van der Waals surface area contributed by atoms with E-state index in [-0.39, 0.29) is 17.5 Å². The Morgan fingerprint density at radius 2 is 1.64 bits per heavy atom. The van der Waals surface area contributed by atoms with Crippen LogP contribution in [0.5, 0.6) is 0 Å². The summed E-state index contributed by atoms with van der Waals surface area (Å²) in [7, 11) is 0. The Morgan fingerprint density at radius 3 is 2.26 bits per heavy atom. The third kappa shape index (κ3) is 6.49. The molecule has 2 aromatic carbocycles. The van der Waals surface area contributed by atoms with Crippen molar-refractivity contribution in [3.63, 3.8) is 0 Å². The molecule has 2 fully saturated rings. The number of amides is 1. The van der Waals surface area contributed by atoms with E-state index in [1.807, 2.05) is 49.1 Å². The third-order valence-electron chi connectivity index (χ3n) is 8.98. The van der Waals surface area contributed by atoms with Crippen LogP contribution in [0.1, 0.15) is 65.1 Å². The Hall–Kier alpha value is -3.37. The number of halogens is 3. The molecule has 5 rings (SSSR count). The quantitative estimate of drug-likeness (QED) is 0.376. The number of carbonyl (C=O) groups is 1. The van der Waals surface area contributed by atoms with E-state index in [1.54, 1.807) is 12.1 Å². The van der Waals surface area contributed by atoms with Crippen molar-refractivity contribution in [1.82, 2.24) is 24.6 Å². The van der Waals surface area contributed by atoms with Crippen LogP contribution in [0.3, 0.4) is 0 Å². The van der Waals surface area contributed by atoms with Crippen LogP contribution in [0.4, 0.5) is 13.2 Å². The minimum absolute atomic E-state index is 0.00339. The van der Waals surface area contributed by atoms with Crippen LogP contribution in [0.15, 0.2) is 54.6 Å². The fourth-order valence-electron chi connectivity index (χ4n) is 6.18. The molecule has 2 aliphatic heterocycles. The summed E-state index contributed by atoms with van der Waals surface area (Å²) in [5, 5.41) is 4.49. The maximum atomic E-state index is 13.6. The van der Waals surface area contributed by atoms with Gasteiger partial charge in [-0.1, -0.05) is 42.5 Å². The van der Waals surface area contributed by atoms with Gasteiger partial charge in [0.2, 0.25) is 0 Å². The molecule has 42 heavy (non-hydrogen) atoms. The summed E-state index contributed by atoms with van der Waals surface area (Å²) >= 11 is 0. The number of carbonyl (C=O) groups excluding carboxylic acids is 1. The van der Waals surface area contributed by atoms with E-state index < -0.39 is 11.7 Å². The van der Waals surface area contributed by atoms with Gasteiger partial charge in [0.05, 0.1) is 22.5 Å². The Balaban J connectivity index is 1.15. The molecule has 226 valence electrons. The molecule has 2 saturated heterocycles. The number of alkyl halides is 3. The van der Waals surface area contributed by atoms with Crippen molar-refractivity contribution in [1.29, 1.82) is 0 Å². The first-order valence-electron chi connectivity index (χ1n) is 14.6. The molecule has 0 aliphatic carbocycles. The highest BCUT2D eigenvalue weighted by atomic mass is 19.4. The minimum atomic E-state index is -4.32. The Morgan fingerprint density at radius 1 is 0.976 bits per heavy atom. The highest BCUT2D eigenvalue weighted by molar-refractivity contribution is 5.96. The molecule has 3 aromatic rings. The van der Waals surface area contributed by atoms with Crippen LogP contribution in [0.25, 0.3) is 0 Å². The van der Waals surface area contributed by atoms with Gasteiger partial charge < -0.3 is 9.74 Å². The molecule has 0 N–H and O–H groups in total. The van der Waals surface area contributed by atoms with Crippen molar-refractivity contribution >= 4 is 5.91 Å². The first kappa shape index (κ1) is 30.1. The molecule has 0 bridgehead atoms. The Kier molecular flexibility index (Phi) is 8.66. The van der Waals surface area contributed by atoms with E-state index in [0.717, 1.165) is 55.7 Å². The number of aryl methyl sites for hydroxylation is 1. The third-order valence-corrected chi connectivity index (χ3v) is 8.98. The van der Waals surface area contributed by atoms with Crippen molar-refractivity contribution in [3.05, 3.63) is 88.2 Å². The highest BCUT2D eigenvalue weighted by Crippen LogP contribution is 2.33. The molecule has 0 saturated carbocycles. The second kappa shape index (κ2) is 12.1. The topological polar surface area (TPSA) is 53.8 Å². The molecule has 0 radical (unpaired) electrons. The Labute approximate surface area is 245 Å². The largest absolute Gasteiger partial charge is 0.416 e. The van der Waals surface area contributed by atoms with Crippen LogP contribution < -0.4 is 4.84 Å². The van der Waals surface area contributed by atoms with Crippen molar-refractivity contribution < 1.29 is 22.8 Å². The van der Waals surface area contributed by atoms with E-state index in [9.17, 15) is 18.0 Å². The van der Waals surface area contributed by atoms with E-state index in [0.29, 0.717) is 43.2 Å². The molecule has 3 heterocycles. The first-order valence-corrected chi connectivity index (χ1v) is 14.6. The molecular formula is C32H40F3N5O2. The predicted molar refractivity (Wildman–Crippen MR) is 155 cm³/mol. The van der Waals surface area contributed by atoms with Gasteiger partial charge in [0.25, 0.3) is 5.91 Å². The predicted octanol–water partition coefficient (Wildman–Crippen LogP) is 5.35. The average molecular weight is 584 g/mol. The maximum Gasteiger partial charge on any atom is 0.416 e. The number of hydrogen-bond acceptors (Lipinski definition) is 5. The van der Waals surface area contributed by atoms with E-state index in [1.165, 1.54) is 4.85 Å². The van der Waals surface area contributed by atoms with Gasteiger partial charge in [0.15, 0.2) is 0 Å². The molecule has 0 unspecified atom stereocenters. The van der Waals surface area contributed by atoms with Gasteiger partial charge in [-0.25, -0.2) is 0 Å². The summed E-state index contributed by atoms with van der Waals surface area (Å²) in [6.45, 7) is 13.2. The lowest BCUT2D eigenvalue weighted by atomic mass is 9.86. The summed E-state index contributed by atoms with van der Waals surface area (Å²) in [4.78, 5) is 27.8. The van der Waals surface area contributed by atoms with E-state index in [4.69, 9.17) is 4.84 Å². The van der Waals surface area contributed by atoms with E-state index in [2.05, 4.69) is 28.7 Å². The monoisotopic (exact) mass is 583 g/mol. The fraction of sp³-hybridized carbons (Fsp3) is 0.500. The summed E-state index contributed by atoms with van der Waals surface area (Å²) in [5.41, 5.74) is 3.27. The highest BCUT2D eigenvalue weighted by Gasteiger charge is 2.40. The van der Waals surface area contributed by atoms with Gasteiger partial charge >= 0.3 is 6.18 Å². The van der Waals surface area contributed by atoms with Gasteiger partial charge in [0, 0.05) is 50.8 Å². The van der Waals surface area contributed by atoms with Crippen LogP contribution in [0, 0.1) is 13.8 Å². The van der Waals surface area contributed by atoms with Crippen molar-refractivity contribution in [2.75, 3.05) is 32.7 Å². The summed E-state index contributed by atoms with van der Waals surface area (Å²) < 4.78 is 38.8. The molecule has 2 aliphatic rings. The zero-order chi connectivity index (χ0) is 30.1. The second-order valence-corrected chi connectivity index (χ2v) is 11.9. The number of piperazine rings is 1. The van der Waals surface area contributed by atoms with Crippen molar-refractivity contribution in [2.24, 2.45) is 0 Å². The summed E-state index contributed by atoms with van der Waals surface area (Å²) in [5.74, 6) is -0.00339. The zero-order valence-corrected chi connectivity index (χ0v) is 24.8. The lowest BCUT2D eigenvalue weighted by Gasteiger charge is -2.51. The number of likely N-dealkylation sites (tertiary alicyclic amines) is 1. The molecule has 10 heteroatoms. The number of aromatic nitrogens is 2. The molecule has 0 spiro atoms. The number of benzene rings is 2. The Bertz CT molecular complexity index is 1370. The number of piperidine rings is 1. The van der Waals surface area contributed by atoms with Crippen LogP contribution >= 0.6 is 0 Å². The van der Waals surface area contributed by atoms with Crippen LogP contribution in [-0.4, -0.2) is 74.9 Å². The zero-order valence-electron chi connectivity index (χ0n) is 24.8. The van der Waals surface area contributed by atoms with Crippen molar-refractivity contribution in [3.8, 4) is 0 Å². The minimum Gasteiger partial charge on any atom is -0.392 e. The smallest absolute Gasteiger partial charge is 0.392 e. The fourth-order valence-corrected chi connectivity index (χ4v) is 6.18. The lowest BCUT2D eigenvalue weighted by molar-refractivity contribution is -0.137. The van der Waals surface area contributed by atoms with Gasteiger partial charge in [-0.2, -0.15) is 13.2 Å². The van der Waals surface area contributed by atoms with Gasteiger partial charge in [-0.05, 0) is 63.8 Å². The van der Waals surface area contributed by atoms with Gasteiger partial charge in [0.1, 0.15) is 6.61 Å². The average Bonchev–Trinajstić information content (AvgIpc) is 3.25. The van der Waals surface area contributed by atoms with Crippen LogP contribution in [0.2, 0.25) is 0 Å². The number of rotatable bonds is 7. The van der Waals surface area contributed by atoms with Crippen LogP contribution in [-0.2, 0) is 19.3 Å². The summed E-state index contributed by atoms with van der Waals surface area (Å²) in [6.07, 6.45) is -2.56. The number of nitrogens with zero attached hydrogens (tertiary/aromatic N) is 5. The second-order valence-electron chi connectivity index (χ2n) is 11.9.